The van der Waals surface area contributed by atoms with Gasteiger partial charge in [0.2, 0.25) is 0 Å². The SMILES string of the molecule is C[C@H](CS(=O)c1ccccc1)[C@H]1CC=C2C3=C(CC[C@@]21C)[C@@]1(C)CC[C@H](O)C(C)(C)[C@@H]1CC3. The Morgan fingerprint density at radius 3 is 2.48 bits per heavy atom. The highest BCUT2D eigenvalue weighted by Gasteiger charge is 2.57. The summed E-state index contributed by atoms with van der Waals surface area (Å²) in [4.78, 5) is 0.961. The van der Waals surface area contributed by atoms with Gasteiger partial charge in [0.1, 0.15) is 0 Å². The van der Waals surface area contributed by atoms with Crippen LogP contribution in [0.3, 0.4) is 0 Å². The number of hydrogen-bond acceptors (Lipinski definition) is 2. The monoisotopic (exact) mass is 466 g/mol. The minimum Gasteiger partial charge on any atom is -0.393 e. The lowest BCUT2D eigenvalue weighted by atomic mass is 9.46. The van der Waals surface area contributed by atoms with E-state index in [0.717, 1.165) is 29.9 Å². The molecule has 33 heavy (non-hydrogen) atoms. The lowest BCUT2D eigenvalue weighted by Gasteiger charge is -2.59. The van der Waals surface area contributed by atoms with Crippen molar-refractivity contribution >= 4 is 10.8 Å². The normalized spacial score (nSPS) is 39.2. The molecule has 0 heterocycles. The van der Waals surface area contributed by atoms with Gasteiger partial charge in [-0.1, -0.05) is 64.5 Å². The molecular weight excluding hydrogens is 424 g/mol. The van der Waals surface area contributed by atoms with Crippen molar-refractivity contribution in [2.75, 3.05) is 5.75 Å². The van der Waals surface area contributed by atoms with E-state index in [9.17, 15) is 9.32 Å². The molecule has 0 amide bonds. The second-order valence-corrected chi connectivity index (χ2v) is 14.0. The van der Waals surface area contributed by atoms with Crippen LogP contribution in [0.15, 0.2) is 58.0 Å². The van der Waals surface area contributed by atoms with Gasteiger partial charge < -0.3 is 5.11 Å². The molecule has 4 aliphatic rings. The summed E-state index contributed by atoms with van der Waals surface area (Å²) in [5.41, 5.74) is 5.48. The highest BCUT2D eigenvalue weighted by Crippen LogP contribution is 2.66. The molecule has 5 rings (SSSR count). The van der Waals surface area contributed by atoms with Gasteiger partial charge in [-0.25, -0.2) is 0 Å². The number of hydrogen-bond donors (Lipinski definition) is 1. The van der Waals surface area contributed by atoms with Gasteiger partial charge in [0, 0.05) is 10.6 Å². The fraction of sp³-hybridized carbons (Fsp3) is 0.667. The molecule has 0 saturated heterocycles. The van der Waals surface area contributed by atoms with Crippen LogP contribution >= 0.6 is 0 Å². The highest BCUT2D eigenvalue weighted by molar-refractivity contribution is 7.85. The zero-order valence-electron chi connectivity index (χ0n) is 21.2. The average molecular weight is 467 g/mol. The number of allylic oxidation sites excluding steroid dienone is 4. The molecule has 2 nitrogen and oxygen atoms in total. The molecule has 1 aromatic rings. The molecule has 1 unspecified atom stereocenters. The predicted molar refractivity (Wildman–Crippen MR) is 137 cm³/mol. The molecule has 0 aromatic heterocycles. The maximum absolute atomic E-state index is 13.1. The molecule has 1 saturated carbocycles. The minimum atomic E-state index is -0.931. The van der Waals surface area contributed by atoms with E-state index in [2.05, 4.69) is 40.7 Å². The van der Waals surface area contributed by atoms with Crippen molar-refractivity contribution in [1.29, 1.82) is 0 Å². The van der Waals surface area contributed by atoms with Gasteiger partial charge in [-0.3, -0.25) is 4.21 Å². The Labute approximate surface area is 203 Å². The maximum Gasteiger partial charge on any atom is 0.0594 e. The summed E-state index contributed by atoms with van der Waals surface area (Å²) < 4.78 is 13.1. The van der Waals surface area contributed by atoms with Crippen molar-refractivity contribution in [3.8, 4) is 0 Å². The Kier molecular flexibility index (Phi) is 5.85. The Hall–Kier alpha value is -1.19. The molecule has 0 spiro atoms. The van der Waals surface area contributed by atoms with Crippen molar-refractivity contribution in [3.05, 3.63) is 53.1 Å². The van der Waals surface area contributed by atoms with E-state index in [0.29, 0.717) is 17.8 Å². The third-order valence-electron chi connectivity index (χ3n) is 10.5. The summed E-state index contributed by atoms with van der Waals surface area (Å²) in [5.74, 6) is 2.33. The maximum atomic E-state index is 13.1. The Balaban J connectivity index is 1.40. The fourth-order valence-electron chi connectivity index (χ4n) is 8.60. The largest absolute Gasteiger partial charge is 0.393 e. The first-order valence-electron chi connectivity index (χ1n) is 13.1. The highest BCUT2D eigenvalue weighted by atomic mass is 32.2. The summed E-state index contributed by atoms with van der Waals surface area (Å²) in [6.07, 6.45) is 10.4. The van der Waals surface area contributed by atoms with E-state index < -0.39 is 10.8 Å². The standard InChI is InChI=1S/C30H42O2S/c1-20(19-33(32)21-9-7-6-8-10-21)23-12-13-24-22-11-14-26-28(2,3)27(31)16-18-30(26,5)25(22)15-17-29(23,24)4/h6-10,13,20,23,26-27,31H,11-12,14-19H2,1-5H3/t20-,23-,26+,27+,29-,30-,33?/m1/s1. The summed E-state index contributed by atoms with van der Waals surface area (Å²) >= 11 is 0. The molecule has 0 radical (unpaired) electrons. The van der Waals surface area contributed by atoms with E-state index in [1.807, 2.05) is 30.3 Å². The smallest absolute Gasteiger partial charge is 0.0594 e. The molecule has 0 aliphatic heterocycles. The van der Waals surface area contributed by atoms with Crippen LogP contribution in [0, 0.1) is 34.0 Å². The predicted octanol–water partition coefficient (Wildman–Crippen LogP) is 7.07. The van der Waals surface area contributed by atoms with Crippen molar-refractivity contribution in [2.45, 2.75) is 90.6 Å². The first-order valence-corrected chi connectivity index (χ1v) is 14.5. The van der Waals surface area contributed by atoms with Crippen molar-refractivity contribution in [3.63, 3.8) is 0 Å². The molecule has 4 aliphatic carbocycles. The third kappa shape index (κ3) is 3.56. The number of aliphatic hydroxyl groups is 1. The van der Waals surface area contributed by atoms with Crippen LogP contribution in [0.4, 0.5) is 0 Å². The van der Waals surface area contributed by atoms with Crippen LogP contribution in [0.25, 0.3) is 0 Å². The number of benzene rings is 1. The zero-order valence-corrected chi connectivity index (χ0v) is 22.0. The van der Waals surface area contributed by atoms with Crippen molar-refractivity contribution < 1.29 is 9.32 Å². The van der Waals surface area contributed by atoms with Gasteiger partial charge in [0.05, 0.1) is 16.9 Å². The quantitative estimate of drug-likeness (QED) is 0.515. The zero-order chi connectivity index (χ0) is 23.6. The van der Waals surface area contributed by atoms with Crippen LogP contribution in [0.2, 0.25) is 0 Å². The second-order valence-electron chi connectivity index (χ2n) is 12.5. The van der Waals surface area contributed by atoms with Gasteiger partial charge in [-0.2, -0.15) is 0 Å². The van der Waals surface area contributed by atoms with Crippen molar-refractivity contribution in [1.82, 2.24) is 0 Å². The first kappa shape index (κ1) is 23.5. The Morgan fingerprint density at radius 2 is 1.76 bits per heavy atom. The van der Waals surface area contributed by atoms with Crippen molar-refractivity contribution in [2.24, 2.45) is 34.0 Å². The number of fused-ring (bicyclic) bond motifs is 4. The fourth-order valence-corrected chi connectivity index (χ4v) is 9.96. The molecule has 1 N–H and O–H groups in total. The van der Waals surface area contributed by atoms with E-state index in [-0.39, 0.29) is 22.3 Å². The van der Waals surface area contributed by atoms with Gasteiger partial charge in [-0.15, -0.1) is 0 Å². The summed E-state index contributed by atoms with van der Waals surface area (Å²) in [6, 6.07) is 9.98. The lowest BCUT2D eigenvalue weighted by Crippen LogP contribution is -2.53. The molecule has 1 aromatic carbocycles. The van der Waals surface area contributed by atoms with Crippen LogP contribution in [0.1, 0.15) is 79.6 Å². The lowest BCUT2D eigenvalue weighted by molar-refractivity contribution is -0.0905. The Morgan fingerprint density at radius 1 is 1.03 bits per heavy atom. The summed E-state index contributed by atoms with van der Waals surface area (Å²) in [7, 11) is -0.931. The Bertz CT molecular complexity index is 1010. The topological polar surface area (TPSA) is 37.3 Å². The van der Waals surface area contributed by atoms with E-state index in [1.54, 1.807) is 16.7 Å². The molecule has 7 atom stereocenters. The molecule has 180 valence electrons. The minimum absolute atomic E-state index is 0.00507. The number of aliphatic hydroxyl groups excluding tert-OH is 1. The molecule has 3 heteroatoms. The molecular formula is C30H42O2S. The van der Waals surface area contributed by atoms with Gasteiger partial charge in [0.15, 0.2) is 0 Å². The van der Waals surface area contributed by atoms with Crippen LogP contribution < -0.4 is 0 Å². The third-order valence-corrected chi connectivity index (χ3v) is 12.2. The molecule has 0 bridgehead atoms. The van der Waals surface area contributed by atoms with E-state index in [1.165, 1.54) is 25.7 Å². The van der Waals surface area contributed by atoms with Gasteiger partial charge >= 0.3 is 0 Å². The van der Waals surface area contributed by atoms with Crippen LogP contribution in [-0.4, -0.2) is 21.2 Å². The van der Waals surface area contributed by atoms with Gasteiger partial charge in [0.25, 0.3) is 0 Å². The molecule has 1 fully saturated rings. The van der Waals surface area contributed by atoms with Gasteiger partial charge in [-0.05, 0) is 102 Å². The first-order chi connectivity index (χ1) is 15.6. The summed E-state index contributed by atoms with van der Waals surface area (Å²) in [5, 5.41) is 10.8. The number of rotatable bonds is 4. The van der Waals surface area contributed by atoms with Crippen LogP contribution in [-0.2, 0) is 10.8 Å². The van der Waals surface area contributed by atoms with E-state index >= 15 is 0 Å². The van der Waals surface area contributed by atoms with Crippen LogP contribution in [0.5, 0.6) is 0 Å². The average Bonchev–Trinajstić information content (AvgIpc) is 3.14. The summed E-state index contributed by atoms with van der Waals surface area (Å²) in [6.45, 7) is 12.0. The second kappa shape index (κ2) is 8.19. The van der Waals surface area contributed by atoms with E-state index in [4.69, 9.17) is 0 Å².